The molecule has 1 aromatic heterocycles. The zero-order chi connectivity index (χ0) is 11.0. The number of fused-ring (bicyclic) bond motifs is 1. The van der Waals surface area contributed by atoms with Gasteiger partial charge in [-0.3, -0.25) is 0 Å². The molecule has 0 radical (unpaired) electrons. The summed E-state index contributed by atoms with van der Waals surface area (Å²) in [7, 11) is 0. The van der Waals surface area contributed by atoms with E-state index in [1.807, 2.05) is 10.9 Å². The number of halogens is 3. The van der Waals surface area contributed by atoms with Gasteiger partial charge in [-0.15, -0.1) is 24.8 Å². The van der Waals surface area contributed by atoms with Gasteiger partial charge in [0.05, 0.1) is 12.0 Å². The van der Waals surface area contributed by atoms with Crippen molar-refractivity contribution in [2.75, 3.05) is 6.54 Å². The van der Waals surface area contributed by atoms with Crippen molar-refractivity contribution in [1.29, 1.82) is 0 Å². The smallest absolute Gasteiger partial charge is 0.123 e. The molecule has 0 unspecified atom stereocenters. The molecule has 0 saturated carbocycles. The molecule has 0 bridgehead atoms. The summed E-state index contributed by atoms with van der Waals surface area (Å²) < 4.78 is 14.9. The average molecular weight is 290 g/mol. The predicted octanol–water partition coefficient (Wildman–Crippen LogP) is 2.50. The zero-order valence-corrected chi connectivity index (χ0v) is 11.2. The first kappa shape index (κ1) is 15.0. The molecular weight excluding hydrogens is 276 g/mol. The third-order valence-corrected chi connectivity index (χ3v) is 2.89. The fourth-order valence-electron chi connectivity index (χ4n) is 2.06. The van der Waals surface area contributed by atoms with Crippen LogP contribution in [0.1, 0.15) is 11.4 Å². The van der Waals surface area contributed by atoms with Crippen LogP contribution in [0.4, 0.5) is 4.39 Å². The highest BCUT2D eigenvalue weighted by Gasteiger charge is 2.15. The lowest BCUT2D eigenvalue weighted by atomic mass is 10.1. The van der Waals surface area contributed by atoms with Gasteiger partial charge in [-0.25, -0.2) is 9.37 Å². The van der Waals surface area contributed by atoms with Crippen molar-refractivity contribution >= 4 is 24.8 Å². The van der Waals surface area contributed by atoms with Crippen LogP contribution >= 0.6 is 24.8 Å². The van der Waals surface area contributed by atoms with Crippen LogP contribution in [0.15, 0.2) is 30.6 Å². The van der Waals surface area contributed by atoms with E-state index in [9.17, 15) is 4.39 Å². The van der Waals surface area contributed by atoms with E-state index in [0.29, 0.717) is 0 Å². The number of nitrogens with zero attached hydrogens (tertiary/aromatic N) is 2. The largest absolute Gasteiger partial charge is 0.311 e. The first-order valence-electron chi connectivity index (χ1n) is 5.36. The Morgan fingerprint density at radius 2 is 1.89 bits per heavy atom. The van der Waals surface area contributed by atoms with Crippen LogP contribution in [0.5, 0.6) is 0 Å². The van der Waals surface area contributed by atoms with Crippen LogP contribution in [0.3, 0.4) is 0 Å². The van der Waals surface area contributed by atoms with Gasteiger partial charge >= 0.3 is 0 Å². The van der Waals surface area contributed by atoms with Crippen LogP contribution in [0, 0.1) is 5.82 Å². The van der Waals surface area contributed by atoms with Gasteiger partial charge in [0.25, 0.3) is 0 Å². The molecule has 6 heteroatoms. The van der Waals surface area contributed by atoms with E-state index in [4.69, 9.17) is 0 Å². The molecule has 2 heterocycles. The number of hydrogen-bond acceptors (Lipinski definition) is 2. The van der Waals surface area contributed by atoms with E-state index < -0.39 is 0 Å². The van der Waals surface area contributed by atoms with Crippen molar-refractivity contribution in [1.82, 2.24) is 14.9 Å². The normalized spacial score (nSPS) is 13.2. The maximum Gasteiger partial charge on any atom is 0.123 e. The number of rotatable bonds is 1. The molecule has 0 atom stereocenters. The molecule has 0 saturated heterocycles. The summed E-state index contributed by atoms with van der Waals surface area (Å²) in [6.45, 7) is 1.80. The molecule has 1 N–H and O–H groups in total. The molecule has 18 heavy (non-hydrogen) atoms. The standard InChI is InChI=1S/C12H12FN3.2ClH/c13-9-1-3-10(4-2-9)16-8-15-11-7-14-6-5-12(11)16;;/h1-4,8,14H,5-7H2;2*1H. The van der Waals surface area contributed by atoms with Gasteiger partial charge in [-0.2, -0.15) is 0 Å². The Balaban J connectivity index is 0.000000810. The molecule has 0 amide bonds. The van der Waals surface area contributed by atoms with E-state index in [1.54, 1.807) is 12.1 Å². The average Bonchev–Trinajstić information content (AvgIpc) is 2.74. The summed E-state index contributed by atoms with van der Waals surface area (Å²) in [4.78, 5) is 4.36. The van der Waals surface area contributed by atoms with Crippen LogP contribution in [0.2, 0.25) is 0 Å². The number of benzene rings is 1. The summed E-state index contributed by atoms with van der Waals surface area (Å²) in [6.07, 6.45) is 2.78. The number of aromatic nitrogens is 2. The fraction of sp³-hybridized carbons (Fsp3) is 0.250. The molecule has 2 aromatic rings. The summed E-state index contributed by atoms with van der Waals surface area (Å²) in [5.74, 6) is -0.209. The van der Waals surface area contributed by atoms with Gasteiger partial charge < -0.3 is 9.88 Å². The first-order chi connectivity index (χ1) is 7.84. The molecule has 3 nitrogen and oxygen atoms in total. The van der Waals surface area contributed by atoms with Gasteiger partial charge in [0.15, 0.2) is 0 Å². The van der Waals surface area contributed by atoms with Crippen molar-refractivity contribution in [2.24, 2.45) is 0 Å². The van der Waals surface area contributed by atoms with Gasteiger partial charge in [0, 0.05) is 30.9 Å². The summed E-state index contributed by atoms with van der Waals surface area (Å²) in [5, 5.41) is 3.28. The monoisotopic (exact) mass is 289 g/mol. The second-order valence-corrected chi connectivity index (χ2v) is 3.91. The topological polar surface area (TPSA) is 29.9 Å². The highest BCUT2D eigenvalue weighted by Crippen LogP contribution is 2.17. The quantitative estimate of drug-likeness (QED) is 0.874. The van der Waals surface area contributed by atoms with Gasteiger partial charge in [-0.1, -0.05) is 0 Å². The van der Waals surface area contributed by atoms with Crippen molar-refractivity contribution in [2.45, 2.75) is 13.0 Å². The predicted molar refractivity (Wildman–Crippen MR) is 73.4 cm³/mol. The SMILES string of the molecule is Cl.Cl.Fc1ccc(-n2cnc3c2CCNC3)cc1. The first-order valence-corrected chi connectivity index (χ1v) is 5.36. The van der Waals surface area contributed by atoms with Crippen molar-refractivity contribution < 1.29 is 4.39 Å². The van der Waals surface area contributed by atoms with E-state index in [2.05, 4.69) is 10.3 Å². The number of imidazole rings is 1. The summed E-state index contributed by atoms with van der Waals surface area (Å²) in [5.41, 5.74) is 3.29. The second-order valence-electron chi connectivity index (χ2n) is 3.91. The van der Waals surface area contributed by atoms with E-state index in [-0.39, 0.29) is 30.6 Å². The fourth-order valence-corrected chi connectivity index (χ4v) is 2.06. The molecule has 0 fully saturated rings. The molecule has 1 aromatic carbocycles. The Hall–Kier alpha value is -1.10. The molecule has 0 aliphatic carbocycles. The minimum absolute atomic E-state index is 0. The van der Waals surface area contributed by atoms with E-state index in [0.717, 1.165) is 30.9 Å². The molecule has 1 aliphatic rings. The highest BCUT2D eigenvalue weighted by atomic mass is 35.5. The Labute approximate surface area is 117 Å². The Kier molecular flexibility index (Phi) is 5.14. The number of hydrogen-bond donors (Lipinski definition) is 1. The minimum atomic E-state index is -0.209. The third-order valence-electron chi connectivity index (χ3n) is 2.89. The maximum absolute atomic E-state index is 12.8. The maximum atomic E-state index is 12.8. The van der Waals surface area contributed by atoms with Crippen LogP contribution in [0.25, 0.3) is 5.69 Å². The van der Waals surface area contributed by atoms with Crippen LogP contribution < -0.4 is 5.32 Å². The highest BCUT2D eigenvalue weighted by molar-refractivity contribution is 5.85. The molecular formula is C12H14Cl2FN3. The van der Waals surface area contributed by atoms with Gasteiger partial charge in [0.2, 0.25) is 0 Å². The van der Waals surface area contributed by atoms with Crippen LogP contribution in [-0.2, 0) is 13.0 Å². The minimum Gasteiger partial charge on any atom is -0.311 e. The zero-order valence-electron chi connectivity index (χ0n) is 9.60. The van der Waals surface area contributed by atoms with Crippen molar-refractivity contribution in [3.05, 3.63) is 47.8 Å². The Morgan fingerprint density at radius 1 is 1.17 bits per heavy atom. The van der Waals surface area contributed by atoms with Crippen molar-refractivity contribution in [3.63, 3.8) is 0 Å². The molecule has 0 spiro atoms. The molecule has 1 aliphatic heterocycles. The lowest BCUT2D eigenvalue weighted by molar-refractivity contribution is 0.618. The molecule has 3 rings (SSSR count). The van der Waals surface area contributed by atoms with E-state index >= 15 is 0 Å². The lowest BCUT2D eigenvalue weighted by Crippen LogP contribution is -2.24. The second kappa shape index (κ2) is 6.18. The summed E-state index contributed by atoms with van der Waals surface area (Å²) >= 11 is 0. The number of nitrogens with one attached hydrogen (secondary N) is 1. The van der Waals surface area contributed by atoms with Gasteiger partial charge in [-0.05, 0) is 24.3 Å². The van der Waals surface area contributed by atoms with Crippen LogP contribution in [-0.4, -0.2) is 16.1 Å². The van der Waals surface area contributed by atoms with Gasteiger partial charge in [0.1, 0.15) is 5.82 Å². The van der Waals surface area contributed by atoms with E-state index in [1.165, 1.54) is 17.8 Å². The third kappa shape index (κ3) is 2.66. The molecule has 98 valence electrons. The Bertz CT molecular complexity index is 511. The lowest BCUT2D eigenvalue weighted by Gasteiger charge is -2.15. The van der Waals surface area contributed by atoms with Crippen molar-refractivity contribution in [3.8, 4) is 5.69 Å². The summed E-state index contributed by atoms with van der Waals surface area (Å²) in [6, 6.07) is 6.50. The Morgan fingerprint density at radius 3 is 2.61 bits per heavy atom.